The second-order valence-corrected chi connectivity index (χ2v) is 4.15. The number of rotatable bonds is 3. The molecule has 3 amide bonds. The first kappa shape index (κ1) is 13.2. The van der Waals surface area contributed by atoms with E-state index in [4.69, 9.17) is 4.84 Å². The second kappa shape index (κ2) is 5.62. The van der Waals surface area contributed by atoms with Crippen molar-refractivity contribution in [3.05, 3.63) is 35.9 Å². The van der Waals surface area contributed by atoms with Crippen LogP contribution in [0.4, 0.5) is 0 Å². The van der Waals surface area contributed by atoms with Crippen molar-refractivity contribution in [2.45, 2.75) is 18.9 Å². The Bertz CT molecular complexity index is 501. The molecule has 1 fully saturated rings. The summed E-state index contributed by atoms with van der Waals surface area (Å²) >= 11 is 0. The monoisotopic (exact) mass is 262 g/mol. The predicted molar refractivity (Wildman–Crippen MR) is 65.8 cm³/mol. The number of carbonyl (C=O) groups is 3. The quantitative estimate of drug-likeness (QED) is 0.635. The molecule has 1 aromatic carbocycles. The Kier molecular flexibility index (Phi) is 3.91. The Balaban J connectivity index is 2.18. The summed E-state index contributed by atoms with van der Waals surface area (Å²) in [6.07, 6.45) is 0.454. The number of hydrogen-bond donors (Lipinski definition) is 1. The van der Waals surface area contributed by atoms with E-state index in [0.717, 1.165) is 5.06 Å². The van der Waals surface area contributed by atoms with Gasteiger partial charge in [0.2, 0.25) is 5.91 Å². The van der Waals surface area contributed by atoms with Crippen molar-refractivity contribution < 1.29 is 19.2 Å². The van der Waals surface area contributed by atoms with Gasteiger partial charge in [-0.2, -0.15) is 0 Å². The van der Waals surface area contributed by atoms with Gasteiger partial charge in [-0.1, -0.05) is 18.2 Å². The van der Waals surface area contributed by atoms with E-state index >= 15 is 0 Å². The lowest BCUT2D eigenvalue weighted by molar-refractivity contribution is -0.158. The maximum Gasteiger partial charge on any atom is 0.278 e. The van der Waals surface area contributed by atoms with Crippen LogP contribution in [0.5, 0.6) is 0 Å². The fourth-order valence-electron chi connectivity index (χ4n) is 1.97. The topological polar surface area (TPSA) is 75.7 Å². The molecule has 1 unspecified atom stereocenters. The molecule has 0 saturated carbocycles. The third-order valence-corrected chi connectivity index (χ3v) is 2.91. The van der Waals surface area contributed by atoms with Gasteiger partial charge in [-0.25, -0.2) is 5.06 Å². The van der Waals surface area contributed by atoms with Gasteiger partial charge in [-0.3, -0.25) is 24.5 Å². The zero-order valence-electron chi connectivity index (χ0n) is 10.5. The zero-order chi connectivity index (χ0) is 13.8. The molecule has 0 radical (unpaired) electrons. The fourth-order valence-corrected chi connectivity index (χ4v) is 1.97. The molecule has 1 N–H and O–H groups in total. The molecule has 6 nitrogen and oxygen atoms in total. The smallest absolute Gasteiger partial charge is 0.278 e. The molecule has 1 aliphatic rings. The molecule has 1 saturated heterocycles. The highest BCUT2D eigenvalue weighted by molar-refractivity contribution is 6.03. The number of piperidine rings is 1. The molecule has 0 aromatic heterocycles. The van der Waals surface area contributed by atoms with Crippen LogP contribution in [-0.4, -0.2) is 35.9 Å². The van der Waals surface area contributed by atoms with Gasteiger partial charge in [-0.05, 0) is 18.6 Å². The van der Waals surface area contributed by atoms with Crippen LogP contribution in [0.3, 0.4) is 0 Å². The highest BCUT2D eigenvalue weighted by atomic mass is 16.7. The summed E-state index contributed by atoms with van der Waals surface area (Å²) in [5.74, 6) is -1.25. The Morgan fingerprint density at radius 2 is 2.00 bits per heavy atom. The van der Waals surface area contributed by atoms with Gasteiger partial charge >= 0.3 is 0 Å². The van der Waals surface area contributed by atoms with Crippen molar-refractivity contribution in [1.29, 1.82) is 0 Å². The van der Waals surface area contributed by atoms with E-state index in [9.17, 15) is 14.4 Å². The third-order valence-electron chi connectivity index (χ3n) is 2.91. The van der Waals surface area contributed by atoms with Gasteiger partial charge in [0.15, 0.2) is 0 Å². The standard InChI is InChI=1S/C13H14N2O4/c1-19-15(10-7-8-11(16)14-12(10)17)13(18)9-5-3-2-4-6-9/h2-6,10H,7-8H2,1H3,(H,14,16,17). The molecule has 1 aromatic rings. The predicted octanol–water partition coefficient (Wildman–Crippen LogP) is 0.495. The summed E-state index contributed by atoms with van der Waals surface area (Å²) in [6.45, 7) is 0. The molecule has 6 heteroatoms. The molecule has 1 atom stereocenters. The molecule has 100 valence electrons. The lowest BCUT2D eigenvalue weighted by Crippen LogP contribution is -2.53. The molecule has 2 rings (SSSR count). The zero-order valence-corrected chi connectivity index (χ0v) is 10.5. The Morgan fingerprint density at radius 1 is 1.32 bits per heavy atom. The van der Waals surface area contributed by atoms with E-state index < -0.39 is 17.9 Å². The van der Waals surface area contributed by atoms with E-state index in [1.807, 2.05) is 0 Å². The van der Waals surface area contributed by atoms with Crippen molar-refractivity contribution in [1.82, 2.24) is 10.4 Å². The van der Waals surface area contributed by atoms with Crippen molar-refractivity contribution >= 4 is 17.7 Å². The van der Waals surface area contributed by atoms with E-state index in [2.05, 4.69) is 5.32 Å². The maximum absolute atomic E-state index is 12.2. The van der Waals surface area contributed by atoms with Crippen molar-refractivity contribution in [3.63, 3.8) is 0 Å². The van der Waals surface area contributed by atoms with Gasteiger partial charge in [0, 0.05) is 12.0 Å². The number of carbonyl (C=O) groups excluding carboxylic acids is 3. The minimum atomic E-state index is -0.782. The summed E-state index contributed by atoms with van der Waals surface area (Å²) in [6, 6.07) is 7.74. The molecular weight excluding hydrogens is 248 g/mol. The number of nitrogens with one attached hydrogen (secondary N) is 1. The van der Waals surface area contributed by atoms with E-state index in [1.165, 1.54) is 7.11 Å². The van der Waals surface area contributed by atoms with Gasteiger partial charge in [0.1, 0.15) is 6.04 Å². The minimum Gasteiger partial charge on any atom is -0.295 e. The molecule has 0 bridgehead atoms. The van der Waals surface area contributed by atoms with E-state index in [1.54, 1.807) is 30.3 Å². The van der Waals surface area contributed by atoms with Crippen LogP contribution >= 0.6 is 0 Å². The molecule has 1 heterocycles. The Morgan fingerprint density at radius 3 is 2.58 bits per heavy atom. The van der Waals surface area contributed by atoms with Crippen LogP contribution in [0.2, 0.25) is 0 Å². The molecule has 1 aliphatic heterocycles. The number of benzene rings is 1. The molecule has 0 spiro atoms. The largest absolute Gasteiger partial charge is 0.295 e. The SMILES string of the molecule is CON(C(=O)c1ccccc1)C1CCC(=O)NC1=O. The van der Waals surface area contributed by atoms with Gasteiger partial charge in [-0.15, -0.1) is 0 Å². The van der Waals surface area contributed by atoms with Gasteiger partial charge in [0.05, 0.1) is 7.11 Å². The van der Waals surface area contributed by atoms with Gasteiger partial charge < -0.3 is 0 Å². The first-order valence-corrected chi connectivity index (χ1v) is 5.90. The first-order valence-electron chi connectivity index (χ1n) is 5.90. The lowest BCUT2D eigenvalue weighted by Gasteiger charge is -2.30. The minimum absolute atomic E-state index is 0.193. The van der Waals surface area contributed by atoms with Crippen LogP contribution in [0.25, 0.3) is 0 Å². The maximum atomic E-state index is 12.2. The highest BCUT2D eigenvalue weighted by Crippen LogP contribution is 2.15. The van der Waals surface area contributed by atoms with E-state index in [0.29, 0.717) is 5.56 Å². The van der Waals surface area contributed by atoms with Gasteiger partial charge in [0.25, 0.3) is 11.8 Å². The summed E-state index contributed by atoms with van der Waals surface area (Å²) < 4.78 is 0. The van der Waals surface area contributed by atoms with Crippen LogP contribution < -0.4 is 5.32 Å². The van der Waals surface area contributed by atoms with Crippen molar-refractivity contribution in [3.8, 4) is 0 Å². The van der Waals surface area contributed by atoms with Crippen molar-refractivity contribution in [2.75, 3.05) is 7.11 Å². The van der Waals surface area contributed by atoms with Crippen LogP contribution in [0.15, 0.2) is 30.3 Å². The average Bonchev–Trinajstić information content (AvgIpc) is 2.42. The summed E-state index contributed by atoms with van der Waals surface area (Å²) in [5.41, 5.74) is 0.425. The van der Waals surface area contributed by atoms with Crippen molar-refractivity contribution in [2.24, 2.45) is 0 Å². The third kappa shape index (κ3) is 2.79. The van der Waals surface area contributed by atoms with Crippen LogP contribution in [-0.2, 0) is 14.4 Å². The number of nitrogens with zero attached hydrogens (tertiary/aromatic N) is 1. The fraction of sp³-hybridized carbons (Fsp3) is 0.308. The Hall–Kier alpha value is -2.21. The number of hydrogen-bond acceptors (Lipinski definition) is 4. The lowest BCUT2D eigenvalue weighted by atomic mass is 10.0. The molecule has 19 heavy (non-hydrogen) atoms. The normalized spacial score (nSPS) is 18.9. The molecular formula is C13H14N2O4. The summed E-state index contributed by atoms with van der Waals surface area (Å²) in [7, 11) is 1.32. The summed E-state index contributed by atoms with van der Waals surface area (Å²) in [5, 5.41) is 3.21. The first-order chi connectivity index (χ1) is 9.13. The highest BCUT2D eigenvalue weighted by Gasteiger charge is 2.35. The summed E-state index contributed by atoms with van der Waals surface area (Å²) in [4.78, 5) is 40.1. The van der Waals surface area contributed by atoms with E-state index in [-0.39, 0.29) is 18.7 Å². The van der Waals surface area contributed by atoms with Crippen LogP contribution in [0.1, 0.15) is 23.2 Å². The average molecular weight is 262 g/mol. The number of amides is 3. The number of hydroxylamine groups is 2. The Labute approximate surface area is 110 Å². The second-order valence-electron chi connectivity index (χ2n) is 4.15. The number of imide groups is 1. The molecule has 0 aliphatic carbocycles. The van der Waals surface area contributed by atoms with Crippen LogP contribution in [0, 0.1) is 0 Å².